The highest BCUT2D eigenvalue weighted by molar-refractivity contribution is 7.99. The molecule has 2 aromatic rings. The molecule has 7 heteroatoms. The van der Waals surface area contributed by atoms with Crippen molar-refractivity contribution in [1.29, 1.82) is 0 Å². The van der Waals surface area contributed by atoms with Crippen molar-refractivity contribution in [2.75, 3.05) is 5.75 Å². The average molecular weight is 323 g/mol. The molecule has 0 saturated heterocycles. The van der Waals surface area contributed by atoms with E-state index in [1.807, 2.05) is 31.4 Å². The van der Waals surface area contributed by atoms with E-state index in [2.05, 4.69) is 15.3 Å². The van der Waals surface area contributed by atoms with Gasteiger partial charge in [0.1, 0.15) is 0 Å². The maximum atomic E-state index is 11.8. The zero-order chi connectivity index (χ0) is 15.2. The summed E-state index contributed by atoms with van der Waals surface area (Å²) in [7, 11) is 0. The first-order valence-electron chi connectivity index (χ1n) is 6.57. The SMILES string of the molecule is CC(C)c1cc(=O)[nH]c(SCC(=O)NCc2cccs2)n1. The molecule has 0 aliphatic rings. The van der Waals surface area contributed by atoms with Crippen molar-refractivity contribution in [3.8, 4) is 0 Å². The Labute approximate surface area is 131 Å². The van der Waals surface area contributed by atoms with Crippen LogP contribution in [0.25, 0.3) is 0 Å². The van der Waals surface area contributed by atoms with Crippen LogP contribution in [0.5, 0.6) is 0 Å². The minimum Gasteiger partial charge on any atom is -0.350 e. The molecule has 0 fully saturated rings. The third-order valence-corrected chi connectivity index (χ3v) is 4.46. The molecule has 2 aromatic heterocycles. The van der Waals surface area contributed by atoms with Crippen LogP contribution in [0.4, 0.5) is 0 Å². The molecule has 0 unspecified atom stereocenters. The molecule has 2 N–H and O–H groups in total. The molecule has 2 rings (SSSR count). The van der Waals surface area contributed by atoms with Gasteiger partial charge in [-0.05, 0) is 17.4 Å². The number of aromatic nitrogens is 2. The Morgan fingerprint density at radius 2 is 2.33 bits per heavy atom. The van der Waals surface area contributed by atoms with Gasteiger partial charge >= 0.3 is 0 Å². The Kier molecular flexibility index (Phi) is 5.58. The zero-order valence-electron chi connectivity index (χ0n) is 11.9. The van der Waals surface area contributed by atoms with Crippen molar-refractivity contribution in [1.82, 2.24) is 15.3 Å². The quantitative estimate of drug-likeness (QED) is 0.632. The summed E-state index contributed by atoms with van der Waals surface area (Å²) in [6.45, 7) is 4.49. The number of H-pyrrole nitrogens is 1. The topological polar surface area (TPSA) is 74.8 Å². The molecule has 0 saturated carbocycles. The number of carbonyl (C=O) groups excluding carboxylic acids is 1. The Bertz CT molecular complexity index is 650. The van der Waals surface area contributed by atoms with Gasteiger partial charge in [-0.2, -0.15) is 0 Å². The number of aromatic amines is 1. The fourth-order valence-electron chi connectivity index (χ4n) is 1.60. The first-order valence-corrected chi connectivity index (χ1v) is 8.44. The lowest BCUT2D eigenvalue weighted by Gasteiger charge is -2.06. The highest BCUT2D eigenvalue weighted by Gasteiger charge is 2.08. The van der Waals surface area contributed by atoms with E-state index in [0.29, 0.717) is 11.7 Å². The third kappa shape index (κ3) is 5.02. The smallest absolute Gasteiger partial charge is 0.251 e. The Balaban J connectivity index is 1.87. The monoisotopic (exact) mass is 323 g/mol. The summed E-state index contributed by atoms with van der Waals surface area (Å²) in [4.78, 5) is 31.4. The predicted molar refractivity (Wildman–Crippen MR) is 85.8 cm³/mol. The van der Waals surface area contributed by atoms with Crippen LogP contribution in [0, 0.1) is 0 Å². The minimum atomic E-state index is -0.185. The van der Waals surface area contributed by atoms with Crippen LogP contribution in [0.2, 0.25) is 0 Å². The summed E-state index contributed by atoms with van der Waals surface area (Å²) in [5.41, 5.74) is 0.551. The predicted octanol–water partition coefficient (Wildman–Crippen LogP) is 2.36. The lowest BCUT2D eigenvalue weighted by molar-refractivity contribution is -0.118. The molecule has 112 valence electrons. The molecule has 0 aliphatic carbocycles. The van der Waals surface area contributed by atoms with E-state index in [1.165, 1.54) is 17.8 Å². The van der Waals surface area contributed by atoms with Crippen molar-refractivity contribution in [3.63, 3.8) is 0 Å². The van der Waals surface area contributed by atoms with E-state index in [0.717, 1.165) is 10.6 Å². The van der Waals surface area contributed by atoms with Gasteiger partial charge in [0, 0.05) is 10.9 Å². The number of hydrogen-bond donors (Lipinski definition) is 2. The molecule has 2 heterocycles. The number of hydrogen-bond acceptors (Lipinski definition) is 5. The number of amides is 1. The number of thiophene rings is 1. The van der Waals surface area contributed by atoms with Gasteiger partial charge in [-0.1, -0.05) is 31.7 Å². The Hall–Kier alpha value is -1.60. The van der Waals surface area contributed by atoms with E-state index in [9.17, 15) is 9.59 Å². The van der Waals surface area contributed by atoms with Gasteiger partial charge < -0.3 is 10.3 Å². The number of carbonyl (C=O) groups is 1. The maximum Gasteiger partial charge on any atom is 0.251 e. The first-order chi connectivity index (χ1) is 10.0. The molecule has 1 amide bonds. The largest absolute Gasteiger partial charge is 0.350 e. The standard InChI is InChI=1S/C14H17N3O2S2/c1-9(2)11-6-12(18)17-14(16-11)21-8-13(19)15-7-10-4-3-5-20-10/h3-6,9H,7-8H2,1-2H3,(H,15,19)(H,16,17,18). The van der Waals surface area contributed by atoms with Gasteiger partial charge in [-0.3, -0.25) is 9.59 Å². The van der Waals surface area contributed by atoms with Crippen molar-refractivity contribution in [2.24, 2.45) is 0 Å². The van der Waals surface area contributed by atoms with Gasteiger partial charge in [0.2, 0.25) is 5.91 Å². The molecule has 0 bridgehead atoms. The molecular weight excluding hydrogens is 306 g/mol. The molecule has 5 nitrogen and oxygen atoms in total. The van der Waals surface area contributed by atoms with Crippen molar-refractivity contribution in [2.45, 2.75) is 31.5 Å². The van der Waals surface area contributed by atoms with Crippen molar-refractivity contribution >= 4 is 29.0 Å². The van der Waals surface area contributed by atoms with E-state index >= 15 is 0 Å². The number of nitrogens with zero attached hydrogens (tertiary/aromatic N) is 1. The fraction of sp³-hybridized carbons (Fsp3) is 0.357. The molecule has 0 radical (unpaired) electrons. The maximum absolute atomic E-state index is 11.8. The van der Waals surface area contributed by atoms with Crippen LogP contribution >= 0.6 is 23.1 Å². The van der Waals surface area contributed by atoms with E-state index in [-0.39, 0.29) is 23.1 Å². The zero-order valence-corrected chi connectivity index (χ0v) is 13.5. The number of thioether (sulfide) groups is 1. The van der Waals surface area contributed by atoms with Crippen LogP contribution in [-0.4, -0.2) is 21.6 Å². The molecule has 21 heavy (non-hydrogen) atoms. The molecule has 0 spiro atoms. The first kappa shape index (κ1) is 15.8. The molecular formula is C14H17N3O2S2. The summed E-state index contributed by atoms with van der Waals surface area (Å²) in [6, 6.07) is 5.42. The van der Waals surface area contributed by atoms with E-state index in [4.69, 9.17) is 0 Å². The summed E-state index contributed by atoms with van der Waals surface area (Å²) in [5.74, 6) is 0.334. The van der Waals surface area contributed by atoms with Crippen LogP contribution in [0.15, 0.2) is 33.5 Å². The number of rotatable bonds is 6. The van der Waals surface area contributed by atoms with Gasteiger partial charge in [-0.25, -0.2) is 4.98 Å². The van der Waals surface area contributed by atoms with E-state index in [1.54, 1.807) is 11.3 Å². The lowest BCUT2D eigenvalue weighted by Crippen LogP contribution is -2.24. The summed E-state index contributed by atoms with van der Waals surface area (Å²) in [5, 5.41) is 5.30. The van der Waals surface area contributed by atoms with Crippen LogP contribution in [0.3, 0.4) is 0 Å². The van der Waals surface area contributed by atoms with Crippen molar-refractivity contribution in [3.05, 3.63) is 44.5 Å². The second kappa shape index (κ2) is 7.42. The summed E-state index contributed by atoms with van der Waals surface area (Å²) >= 11 is 2.84. The second-order valence-electron chi connectivity index (χ2n) is 4.77. The molecule has 0 atom stereocenters. The fourth-order valence-corrected chi connectivity index (χ4v) is 2.96. The summed E-state index contributed by atoms with van der Waals surface area (Å²) in [6.07, 6.45) is 0. The average Bonchev–Trinajstić information content (AvgIpc) is 2.95. The lowest BCUT2D eigenvalue weighted by atomic mass is 10.1. The normalized spacial score (nSPS) is 10.8. The Morgan fingerprint density at radius 1 is 1.52 bits per heavy atom. The highest BCUT2D eigenvalue weighted by atomic mass is 32.2. The van der Waals surface area contributed by atoms with Gasteiger partial charge in [-0.15, -0.1) is 11.3 Å². The Morgan fingerprint density at radius 3 is 3.00 bits per heavy atom. The van der Waals surface area contributed by atoms with E-state index < -0.39 is 0 Å². The highest BCUT2D eigenvalue weighted by Crippen LogP contribution is 2.15. The van der Waals surface area contributed by atoms with Crippen LogP contribution in [0.1, 0.15) is 30.3 Å². The van der Waals surface area contributed by atoms with Crippen LogP contribution < -0.4 is 10.9 Å². The van der Waals surface area contributed by atoms with Gasteiger partial charge in [0.15, 0.2) is 5.16 Å². The second-order valence-corrected chi connectivity index (χ2v) is 6.77. The number of nitrogens with one attached hydrogen (secondary N) is 2. The van der Waals surface area contributed by atoms with Crippen molar-refractivity contribution < 1.29 is 4.79 Å². The molecule has 0 aliphatic heterocycles. The minimum absolute atomic E-state index is 0.0778. The summed E-state index contributed by atoms with van der Waals surface area (Å²) < 4.78 is 0. The molecule has 0 aromatic carbocycles. The van der Waals surface area contributed by atoms with Crippen LogP contribution in [-0.2, 0) is 11.3 Å². The third-order valence-electron chi connectivity index (χ3n) is 2.71. The van der Waals surface area contributed by atoms with Gasteiger partial charge in [0.25, 0.3) is 5.56 Å². The van der Waals surface area contributed by atoms with Gasteiger partial charge in [0.05, 0.1) is 18.0 Å².